The first kappa shape index (κ1) is 13.1. The molecule has 4 heteroatoms. The summed E-state index contributed by atoms with van der Waals surface area (Å²) in [6.45, 7) is 5.82. The lowest BCUT2D eigenvalue weighted by molar-refractivity contribution is -0.145. The first-order valence-electron chi connectivity index (χ1n) is 7.14. The van der Waals surface area contributed by atoms with Crippen molar-refractivity contribution in [2.75, 3.05) is 0 Å². The minimum Gasteiger partial charge on any atom is -0.457 e. The largest absolute Gasteiger partial charge is 0.457 e. The van der Waals surface area contributed by atoms with Crippen molar-refractivity contribution in [1.82, 2.24) is 0 Å². The van der Waals surface area contributed by atoms with Crippen LogP contribution in [0.5, 0.6) is 0 Å². The van der Waals surface area contributed by atoms with Crippen LogP contribution in [-0.4, -0.2) is 34.5 Å². The maximum absolute atomic E-state index is 11.8. The van der Waals surface area contributed by atoms with Crippen molar-refractivity contribution >= 4 is 5.97 Å². The van der Waals surface area contributed by atoms with E-state index in [0.717, 1.165) is 12.0 Å². The predicted molar refractivity (Wildman–Crippen MR) is 69.2 cm³/mol. The van der Waals surface area contributed by atoms with E-state index in [1.807, 2.05) is 20.8 Å². The van der Waals surface area contributed by atoms with Gasteiger partial charge in [-0.1, -0.05) is 19.4 Å². The van der Waals surface area contributed by atoms with Gasteiger partial charge in [0.25, 0.3) is 0 Å². The van der Waals surface area contributed by atoms with Gasteiger partial charge in [-0.3, -0.25) is 4.79 Å². The minimum atomic E-state index is -0.659. The minimum absolute atomic E-state index is 0.0471. The Hall–Kier alpha value is -0.870. The fourth-order valence-electron chi connectivity index (χ4n) is 4.24. The number of ether oxygens (including phenoxy) is 1. The number of rotatable bonds is 0. The summed E-state index contributed by atoms with van der Waals surface area (Å²) in [6.07, 6.45) is 0.605. The Morgan fingerprint density at radius 3 is 2.68 bits per heavy atom. The van der Waals surface area contributed by atoms with Crippen LogP contribution >= 0.6 is 0 Å². The van der Waals surface area contributed by atoms with Crippen molar-refractivity contribution in [2.45, 2.75) is 58.3 Å². The van der Waals surface area contributed by atoms with Gasteiger partial charge >= 0.3 is 5.97 Å². The molecule has 0 aromatic heterocycles. The van der Waals surface area contributed by atoms with Crippen LogP contribution in [-0.2, 0) is 9.53 Å². The van der Waals surface area contributed by atoms with Crippen LogP contribution in [0.25, 0.3) is 0 Å². The molecule has 2 fully saturated rings. The molecule has 3 rings (SSSR count). The highest BCUT2D eigenvalue weighted by atomic mass is 16.6. The number of aliphatic hydroxyl groups is 2. The van der Waals surface area contributed by atoms with Gasteiger partial charge in [-0.15, -0.1) is 0 Å². The number of allylic oxidation sites excluding steroid dienone is 1. The molecule has 4 nitrogen and oxygen atoms in total. The van der Waals surface area contributed by atoms with Gasteiger partial charge in [0.1, 0.15) is 6.10 Å². The molecule has 1 saturated carbocycles. The van der Waals surface area contributed by atoms with E-state index < -0.39 is 17.6 Å². The maximum atomic E-state index is 11.8. The Morgan fingerprint density at radius 1 is 1.32 bits per heavy atom. The van der Waals surface area contributed by atoms with Crippen LogP contribution in [0, 0.1) is 17.3 Å². The van der Waals surface area contributed by atoms with Crippen LogP contribution in [0.1, 0.15) is 40.0 Å². The Labute approximate surface area is 113 Å². The lowest BCUT2D eigenvalue weighted by atomic mass is 9.57. The highest BCUT2D eigenvalue weighted by Crippen LogP contribution is 2.55. The molecule has 19 heavy (non-hydrogen) atoms. The van der Waals surface area contributed by atoms with Crippen LogP contribution < -0.4 is 0 Å². The van der Waals surface area contributed by atoms with E-state index in [2.05, 4.69) is 0 Å². The summed E-state index contributed by atoms with van der Waals surface area (Å²) >= 11 is 0. The van der Waals surface area contributed by atoms with Crippen molar-refractivity contribution in [3.8, 4) is 0 Å². The molecule has 0 aromatic carbocycles. The second kappa shape index (κ2) is 4.06. The van der Waals surface area contributed by atoms with Gasteiger partial charge < -0.3 is 14.9 Å². The van der Waals surface area contributed by atoms with Gasteiger partial charge in [-0.2, -0.15) is 0 Å². The molecule has 0 aromatic rings. The van der Waals surface area contributed by atoms with Crippen LogP contribution in [0.2, 0.25) is 0 Å². The molecule has 1 heterocycles. The van der Waals surface area contributed by atoms with Gasteiger partial charge in [-0.25, -0.2) is 0 Å². The van der Waals surface area contributed by atoms with Gasteiger partial charge in [0.05, 0.1) is 18.1 Å². The summed E-state index contributed by atoms with van der Waals surface area (Å²) in [7, 11) is 0. The third kappa shape index (κ3) is 1.56. The molecule has 1 aliphatic heterocycles. The Kier molecular flexibility index (Phi) is 2.81. The van der Waals surface area contributed by atoms with Crippen LogP contribution in [0.3, 0.4) is 0 Å². The maximum Gasteiger partial charge on any atom is 0.309 e. The van der Waals surface area contributed by atoms with Crippen molar-refractivity contribution in [3.05, 3.63) is 11.1 Å². The standard InChI is InChI=1S/C15H22O4/c1-7-4-5-10(16)15(3)11(17)6-9-8(2)14(18)19-13(9)12(7)15/h8-11,13,16-17H,4-6H2,1-3H3/t8?,9?,10?,11?,13?,15-/m1/s1. The summed E-state index contributed by atoms with van der Waals surface area (Å²) in [6, 6.07) is 0. The van der Waals surface area contributed by atoms with E-state index in [1.165, 1.54) is 5.57 Å². The normalized spacial score (nSPS) is 49.7. The molecule has 3 aliphatic rings. The first-order chi connectivity index (χ1) is 8.87. The summed E-state index contributed by atoms with van der Waals surface area (Å²) in [5.74, 6) is -0.291. The molecule has 6 atom stereocenters. The number of hydrogen-bond acceptors (Lipinski definition) is 4. The van der Waals surface area contributed by atoms with E-state index in [0.29, 0.717) is 12.8 Å². The summed E-state index contributed by atoms with van der Waals surface area (Å²) in [5.41, 5.74) is 1.49. The van der Waals surface area contributed by atoms with E-state index in [4.69, 9.17) is 4.74 Å². The number of hydrogen-bond donors (Lipinski definition) is 2. The molecule has 0 radical (unpaired) electrons. The average molecular weight is 266 g/mol. The molecule has 5 unspecified atom stereocenters. The quantitative estimate of drug-likeness (QED) is 0.514. The van der Waals surface area contributed by atoms with Crippen LogP contribution in [0.15, 0.2) is 11.1 Å². The summed E-state index contributed by atoms with van der Waals surface area (Å²) < 4.78 is 5.56. The third-order valence-electron chi connectivity index (χ3n) is 5.64. The molecule has 1 saturated heterocycles. The molecule has 0 amide bonds. The highest BCUT2D eigenvalue weighted by molar-refractivity contribution is 5.76. The van der Waals surface area contributed by atoms with Gasteiger partial charge in [0, 0.05) is 11.3 Å². The predicted octanol–water partition coefficient (Wildman–Crippen LogP) is 1.41. The average Bonchev–Trinajstić information content (AvgIpc) is 2.62. The number of esters is 1. The molecular weight excluding hydrogens is 244 g/mol. The second-order valence-electron chi connectivity index (χ2n) is 6.59. The zero-order valence-corrected chi connectivity index (χ0v) is 11.7. The monoisotopic (exact) mass is 266 g/mol. The number of fused-ring (bicyclic) bond motifs is 3. The smallest absolute Gasteiger partial charge is 0.309 e. The van der Waals surface area contributed by atoms with Gasteiger partial charge in [0.2, 0.25) is 0 Å². The number of carbonyl (C=O) groups excluding carboxylic acids is 1. The van der Waals surface area contributed by atoms with E-state index in [9.17, 15) is 15.0 Å². The van der Waals surface area contributed by atoms with Gasteiger partial charge in [0.15, 0.2) is 0 Å². The highest BCUT2D eigenvalue weighted by Gasteiger charge is 2.59. The van der Waals surface area contributed by atoms with Crippen LogP contribution in [0.4, 0.5) is 0 Å². The lowest BCUT2D eigenvalue weighted by Gasteiger charge is -2.51. The Balaban J connectivity index is 2.11. The molecule has 0 bridgehead atoms. The van der Waals surface area contributed by atoms with Crippen molar-refractivity contribution < 1.29 is 19.7 Å². The number of aliphatic hydroxyl groups excluding tert-OH is 2. The van der Waals surface area contributed by atoms with Crippen molar-refractivity contribution in [3.63, 3.8) is 0 Å². The zero-order chi connectivity index (χ0) is 13.9. The van der Waals surface area contributed by atoms with E-state index in [-0.39, 0.29) is 23.9 Å². The molecule has 2 aliphatic carbocycles. The topological polar surface area (TPSA) is 66.8 Å². The summed E-state index contributed by atoms with van der Waals surface area (Å²) in [5, 5.41) is 20.9. The molecule has 2 N–H and O–H groups in total. The summed E-state index contributed by atoms with van der Waals surface area (Å²) in [4.78, 5) is 11.8. The van der Waals surface area contributed by atoms with Crippen molar-refractivity contribution in [2.24, 2.45) is 17.3 Å². The second-order valence-corrected chi connectivity index (χ2v) is 6.59. The molecular formula is C15H22O4. The SMILES string of the molecule is CC1=C2C3OC(=O)C(C)C3CC(O)[C@@]2(C)C(O)CC1. The fourth-order valence-corrected chi connectivity index (χ4v) is 4.24. The zero-order valence-electron chi connectivity index (χ0n) is 11.7. The van der Waals surface area contributed by atoms with E-state index in [1.54, 1.807) is 0 Å². The van der Waals surface area contributed by atoms with Crippen molar-refractivity contribution in [1.29, 1.82) is 0 Å². The first-order valence-corrected chi connectivity index (χ1v) is 7.14. The molecule has 0 spiro atoms. The Bertz CT molecular complexity index is 455. The lowest BCUT2D eigenvalue weighted by Crippen LogP contribution is -2.55. The van der Waals surface area contributed by atoms with E-state index >= 15 is 0 Å². The van der Waals surface area contributed by atoms with Gasteiger partial charge in [-0.05, 0) is 31.8 Å². The fraction of sp³-hybridized carbons (Fsp3) is 0.800. The number of carbonyl (C=O) groups is 1. The molecule has 106 valence electrons. The Morgan fingerprint density at radius 2 is 2.00 bits per heavy atom. The third-order valence-corrected chi connectivity index (χ3v) is 5.64.